The van der Waals surface area contributed by atoms with E-state index in [0.717, 1.165) is 70.5 Å². The molecule has 3 atom stereocenters. The Balaban J connectivity index is 0.00000162. The van der Waals surface area contributed by atoms with Crippen LogP contribution in [0.2, 0.25) is 0 Å². The Morgan fingerprint density at radius 1 is 1.21 bits per heavy atom. The van der Waals surface area contributed by atoms with Gasteiger partial charge in [0.15, 0.2) is 0 Å². The molecule has 2 saturated heterocycles. The number of fused-ring (bicyclic) bond motifs is 2. The molecule has 3 fully saturated rings. The Hall–Kier alpha value is -1.71. The highest BCUT2D eigenvalue weighted by Gasteiger charge is 2.50. The normalized spacial score (nSPS) is 27.2. The Morgan fingerprint density at radius 2 is 2.00 bits per heavy atom. The number of ether oxygens (including phenoxy) is 1. The van der Waals surface area contributed by atoms with Gasteiger partial charge < -0.3 is 15.4 Å². The summed E-state index contributed by atoms with van der Waals surface area (Å²) in [5.74, 6) is 0.524. The molecule has 1 aromatic heterocycles. The summed E-state index contributed by atoms with van der Waals surface area (Å²) in [7, 11) is 0. The average molecular weight is 512 g/mol. The second-order valence-electron chi connectivity index (χ2n) is 9.41. The van der Waals surface area contributed by atoms with E-state index >= 15 is 0 Å². The zero-order chi connectivity index (χ0) is 22.0. The van der Waals surface area contributed by atoms with Gasteiger partial charge in [0.2, 0.25) is 5.91 Å². The van der Waals surface area contributed by atoms with Crippen molar-refractivity contribution in [3.05, 3.63) is 40.8 Å². The zero-order valence-corrected chi connectivity index (χ0v) is 21.0. The fraction of sp³-hybridized carbons (Fsp3) is 0.625. The third-order valence-electron chi connectivity index (χ3n) is 7.76. The molecule has 1 aromatic carbocycles. The molecule has 2 aromatic rings. The molecule has 10 heteroatoms. The summed E-state index contributed by atoms with van der Waals surface area (Å²) in [6, 6.07) is 8.02. The molecule has 2 N–H and O–H groups in total. The number of piperidine rings is 1. The Morgan fingerprint density at radius 3 is 2.82 bits per heavy atom. The van der Waals surface area contributed by atoms with Crippen molar-refractivity contribution in [1.29, 1.82) is 0 Å². The van der Waals surface area contributed by atoms with Gasteiger partial charge in [-0.3, -0.25) is 14.5 Å². The van der Waals surface area contributed by atoms with Gasteiger partial charge in [-0.2, -0.15) is 5.10 Å². The minimum Gasteiger partial charge on any atom is -0.379 e. The van der Waals surface area contributed by atoms with Crippen molar-refractivity contribution in [2.75, 3.05) is 45.9 Å². The minimum atomic E-state index is -0.344. The molecule has 0 bridgehead atoms. The van der Waals surface area contributed by atoms with E-state index in [2.05, 4.69) is 20.6 Å². The van der Waals surface area contributed by atoms with Gasteiger partial charge in [-0.1, -0.05) is 18.2 Å². The maximum atomic E-state index is 13.4. The van der Waals surface area contributed by atoms with E-state index in [4.69, 9.17) is 4.74 Å². The summed E-state index contributed by atoms with van der Waals surface area (Å²) in [5.41, 5.74) is -0.457. The highest BCUT2D eigenvalue weighted by molar-refractivity contribution is 5.86. The molecule has 0 radical (unpaired) electrons. The molecule has 1 saturated carbocycles. The Labute approximate surface area is 212 Å². The standard InChI is InChI=1S/C24H33N5O3.2ClH/c30-22-21-4-2-1-3-18(21)16-27-29(22)10-9-26-23(31)24-7-5-20(28-11-13-32-14-12-28)15-19(24)6-8-25-17-24;;/h1-4,16,19-20,25H,5-15,17H2,(H,26,31);2*1H/t19-,20-,24-;;/m1../s1. The van der Waals surface area contributed by atoms with E-state index in [1.165, 1.54) is 4.68 Å². The maximum Gasteiger partial charge on any atom is 0.274 e. The second-order valence-corrected chi connectivity index (χ2v) is 9.41. The van der Waals surface area contributed by atoms with Gasteiger partial charge in [0.25, 0.3) is 5.56 Å². The summed E-state index contributed by atoms with van der Waals surface area (Å²) >= 11 is 0. The number of carbonyl (C=O) groups is 1. The molecule has 34 heavy (non-hydrogen) atoms. The lowest BCUT2D eigenvalue weighted by Gasteiger charge is -2.50. The molecule has 2 aliphatic heterocycles. The zero-order valence-electron chi connectivity index (χ0n) is 19.4. The van der Waals surface area contributed by atoms with Gasteiger partial charge in [-0.25, -0.2) is 4.68 Å². The largest absolute Gasteiger partial charge is 0.379 e. The van der Waals surface area contributed by atoms with Crippen LogP contribution >= 0.6 is 24.8 Å². The van der Waals surface area contributed by atoms with Crippen molar-refractivity contribution >= 4 is 41.5 Å². The van der Waals surface area contributed by atoms with Crippen LogP contribution in [0.5, 0.6) is 0 Å². The summed E-state index contributed by atoms with van der Waals surface area (Å²) < 4.78 is 6.97. The van der Waals surface area contributed by atoms with Crippen LogP contribution in [0.1, 0.15) is 25.7 Å². The molecule has 1 amide bonds. The highest BCUT2D eigenvalue weighted by Crippen LogP contribution is 2.46. The summed E-state index contributed by atoms with van der Waals surface area (Å²) in [5, 5.41) is 12.4. The number of hydrogen-bond donors (Lipinski definition) is 2. The summed E-state index contributed by atoms with van der Waals surface area (Å²) in [4.78, 5) is 28.7. The number of amides is 1. The van der Waals surface area contributed by atoms with Crippen molar-refractivity contribution in [3.63, 3.8) is 0 Å². The van der Waals surface area contributed by atoms with E-state index in [1.807, 2.05) is 24.3 Å². The van der Waals surface area contributed by atoms with Gasteiger partial charge in [0, 0.05) is 37.6 Å². The van der Waals surface area contributed by atoms with E-state index < -0.39 is 0 Å². The number of carbonyl (C=O) groups excluding carboxylic acids is 1. The monoisotopic (exact) mass is 511 g/mol. The molecule has 3 aliphatic rings. The predicted octanol–water partition coefficient (Wildman–Crippen LogP) is 1.84. The molecular formula is C24H35Cl2N5O3. The number of rotatable bonds is 5. The third kappa shape index (κ3) is 5.26. The van der Waals surface area contributed by atoms with E-state index in [0.29, 0.717) is 30.4 Å². The Kier molecular flexibility index (Phi) is 9.34. The smallest absolute Gasteiger partial charge is 0.274 e. The van der Waals surface area contributed by atoms with Crippen molar-refractivity contribution in [2.24, 2.45) is 11.3 Å². The lowest BCUT2D eigenvalue weighted by molar-refractivity contribution is -0.140. The minimum absolute atomic E-state index is 0. The number of halogens is 2. The van der Waals surface area contributed by atoms with Crippen molar-refractivity contribution in [1.82, 2.24) is 25.3 Å². The van der Waals surface area contributed by atoms with Crippen molar-refractivity contribution < 1.29 is 9.53 Å². The number of benzene rings is 1. The first-order valence-corrected chi connectivity index (χ1v) is 11.9. The van der Waals surface area contributed by atoms with Gasteiger partial charge in [-0.15, -0.1) is 24.8 Å². The van der Waals surface area contributed by atoms with Gasteiger partial charge in [0.1, 0.15) is 0 Å². The molecular weight excluding hydrogens is 477 g/mol. The van der Waals surface area contributed by atoms with Crippen LogP contribution in [0.15, 0.2) is 35.3 Å². The number of nitrogens with zero attached hydrogens (tertiary/aromatic N) is 3. The van der Waals surface area contributed by atoms with Gasteiger partial charge in [0.05, 0.1) is 36.8 Å². The van der Waals surface area contributed by atoms with E-state index in [9.17, 15) is 9.59 Å². The van der Waals surface area contributed by atoms with Crippen LogP contribution < -0.4 is 16.2 Å². The number of nitrogens with one attached hydrogen (secondary N) is 2. The lowest BCUT2D eigenvalue weighted by Crippen LogP contribution is -2.60. The first kappa shape index (κ1) is 26.9. The van der Waals surface area contributed by atoms with Crippen LogP contribution in [0.4, 0.5) is 0 Å². The van der Waals surface area contributed by atoms with E-state index in [-0.39, 0.29) is 41.7 Å². The molecule has 8 nitrogen and oxygen atoms in total. The predicted molar refractivity (Wildman–Crippen MR) is 137 cm³/mol. The molecule has 0 unspecified atom stereocenters. The molecule has 3 heterocycles. The van der Waals surface area contributed by atoms with Crippen LogP contribution in [-0.2, 0) is 16.1 Å². The third-order valence-corrected chi connectivity index (χ3v) is 7.76. The van der Waals surface area contributed by atoms with Gasteiger partial charge >= 0.3 is 0 Å². The SMILES string of the molecule is Cl.Cl.O=C(NCCn1ncc2ccccc2c1=O)[C@@]12CC[C@@H](N3CCOCC3)C[C@H]1CCNC2. The second kappa shape index (κ2) is 11.8. The van der Waals surface area contributed by atoms with Crippen LogP contribution in [0, 0.1) is 11.3 Å². The number of hydrogen-bond acceptors (Lipinski definition) is 6. The summed E-state index contributed by atoms with van der Waals surface area (Å²) in [6.07, 6.45) is 5.80. The van der Waals surface area contributed by atoms with Crippen LogP contribution in [0.3, 0.4) is 0 Å². The molecule has 0 spiro atoms. The van der Waals surface area contributed by atoms with Crippen LogP contribution in [0.25, 0.3) is 10.8 Å². The van der Waals surface area contributed by atoms with Crippen molar-refractivity contribution in [2.45, 2.75) is 38.3 Å². The first-order valence-electron chi connectivity index (χ1n) is 11.9. The number of aromatic nitrogens is 2. The van der Waals surface area contributed by atoms with Crippen molar-refractivity contribution in [3.8, 4) is 0 Å². The molecule has 5 rings (SSSR count). The highest BCUT2D eigenvalue weighted by atomic mass is 35.5. The van der Waals surface area contributed by atoms with Gasteiger partial charge in [-0.05, 0) is 44.2 Å². The lowest BCUT2D eigenvalue weighted by atomic mass is 9.61. The summed E-state index contributed by atoms with van der Waals surface area (Å²) in [6.45, 7) is 6.14. The molecule has 188 valence electrons. The van der Waals surface area contributed by atoms with E-state index in [1.54, 1.807) is 6.20 Å². The fourth-order valence-corrected chi connectivity index (χ4v) is 5.91. The number of morpholine rings is 1. The molecule has 1 aliphatic carbocycles. The maximum absolute atomic E-state index is 13.4. The first-order chi connectivity index (χ1) is 15.7. The van der Waals surface area contributed by atoms with Crippen LogP contribution in [-0.4, -0.2) is 72.6 Å². The average Bonchev–Trinajstić information content (AvgIpc) is 2.85. The quantitative estimate of drug-likeness (QED) is 0.636. The topological polar surface area (TPSA) is 88.5 Å². The Bertz CT molecular complexity index is 1030. The fourth-order valence-electron chi connectivity index (χ4n) is 5.91.